The van der Waals surface area contributed by atoms with Crippen molar-refractivity contribution in [3.63, 3.8) is 0 Å². The smallest absolute Gasteiger partial charge is 0.318 e. The van der Waals surface area contributed by atoms with Gasteiger partial charge in [0.2, 0.25) is 5.91 Å². The SMILES string of the molecule is C[C@H](Sc1nc2ccccc2c(=O)n1Cc1ccc(F)cc1)C(=O)NC(N)=O. The number of amides is 3. The first-order chi connectivity index (χ1) is 13.3. The van der Waals surface area contributed by atoms with Gasteiger partial charge in [-0.15, -0.1) is 0 Å². The number of imide groups is 1. The number of fused-ring (bicyclic) bond motifs is 1. The predicted molar refractivity (Wildman–Crippen MR) is 105 cm³/mol. The zero-order chi connectivity index (χ0) is 20.3. The quantitative estimate of drug-likeness (QED) is 0.505. The summed E-state index contributed by atoms with van der Waals surface area (Å²) in [4.78, 5) is 40.5. The molecule has 0 fully saturated rings. The van der Waals surface area contributed by atoms with Crippen LogP contribution >= 0.6 is 11.8 Å². The lowest BCUT2D eigenvalue weighted by Crippen LogP contribution is -2.39. The highest BCUT2D eigenvalue weighted by Crippen LogP contribution is 2.23. The van der Waals surface area contributed by atoms with Crippen LogP contribution in [0.3, 0.4) is 0 Å². The molecule has 1 atom stereocenters. The molecule has 0 unspecified atom stereocenters. The van der Waals surface area contributed by atoms with Crippen molar-refractivity contribution in [2.24, 2.45) is 5.73 Å². The van der Waals surface area contributed by atoms with E-state index in [0.717, 1.165) is 11.8 Å². The summed E-state index contributed by atoms with van der Waals surface area (Å²) in [6.45, 7) is 1.73. The number of rotatable bonds is 5. The third-order valence-corrected chi connectivity index (χ3v) is 5.07. The average Bonchev–Trinajstić information content (AvgIpc) is 2.66. The van der Waals surface area contributed by atoms with Crippen LogP contribution in [0.2, 0.25) is 0 Å². The Balaban J connectivity index is 2.03. The number of nitrogens with one attached hydrogen (secondary N) is 1. The van der Waals surface area contributed by atoms with Crippen molar-refractivity contribution in [1.82, 2.24) is 14.9 Å². The zero-order valence-electron chi connectivity index (χ0n) is 14.9. The maximum Gasteiger partial charge on any atom is 0.318 e. The fraction of sp³-hybridized carbons (Fsp3) is 0.158. The van der Waals surface area contributed by atoms with Gasteiger partial charge in [0, 0.05) is 0 Å². The highest BCUT2D eigenvalue weighted by molar-refractivity contribution is 8.00. The predicted octanol–water partition coefficient (Wildman–Crippen LogP) is 2.26. The maximum atomic E-state index is 13.2. The number of benzene rings is 2. The van der Waals surface area contributed by atoms with Crippen molar-refractivity contribution < 1.29 is 14.0 Å². The molecular weight excluding hydrogens is 383 g/mol. The van der Waals surface area contributed by atoms with Crippen LogP contribution in [0, 0.1) is 5.82 Å². The number of primary amides is 1. The van der Waals surface area contributed by atoms with Crippen LogP contribution in [0.1, 0.15) is 12.5 Å². The standard InChI is InChI=1S/C19H17FN4O3S/c1-11(16(25)23-18(21)27)28-19-22-15-5-3-2-4-14(15)17(26)24(19)10-12-6-8-13(20)9-7-12/h2-9,11H,10H2,1H3,(H3,21,23,25,27)/t11-/m0/s1. The monoisotopic (exact) mass is 400 g/mol. The molecule has 0 bridgehead atoms. The molecule has 2 aromatic carbocycles. The van der Waals surface area contributed by atoms with E-state index < -0.39 is 17.2 Å². The number of hydrogen-bond donors (Lipinski definition) is 2. The van der Waals surface area contributed by atoms with Crippen molar-refractivity contribution >= 4 is 34.6 Å². The Morgan fingerprint density at radius 3 is 2.57 bits per heavy atom. The van der Waals surface area contributed by atoms with Crippen molar-refractivity contribution in [3.05, 3.63) is 70.3 Å². The van der Waals surface area contributed by atoms with Crippen LogP contribution in [0.25, 0.3) is 10.9 Å². The van der Waals surface area contributed by atoms with E-state index in [-0.39, 0.29) is 17.9 Å². The summed E-state index contributed by atoms with van der Waals surface area (Å²) in [5.74, 6) is -0.965. The number of thioether (sulfide) groups is 1. The highest BCUT2D eigenvalue weighted by atomic mass is 32.2. The molecule has 0 aliphatic heterocycles. The molecule has 144 valence electrons. The summed E-state index contributed by atoms with van der Waals surface area (Å²) in [7, 11) is 0. The molecule has 3 aromatic rings. The molecule has 3 rings (SSSR count). The Kier molecular flexibility index (Phi) is 5.74. The summed E-state index contributed by atoms with van der Waals surface area (Å²) in [5.41, 5.74) is 5.91. The Hall–Kier alpha value is -3.20. The van der Waals surface area contributed by atoms with Crippen molar-refractivity contribution in [2.75, 3.05) is 0 Å². The summed E-state index contributed by atoms with van der Waals surface area (Å²) < 4.78 is 14.6. The number of nitrogens with zero attached hydrogens (tertiary/aromatic N) is 2. The Morgan fingerprint density at radius 1 is 1.21 bits per heavy atom. The zero-order valence-corrected chi connectivity index (χ0v) is 15.7. The highest BCUT2D eigenvalue weighted by Gasteiger charge is 2.20. The van der Waals surface area contributed by atoms with E-state index in [2.05, 4.69) is 4.98 Å². The lowest BCUT2D eigenvalue weighted by molar-refractivity contribution is -0.119. The average molecular weight is 400 g/mol. The van der Waals surface area contributed by atoms with Gasteiger partial charge in [0.1, 0.15) is 5.82 Å². The molecule has 1 aromatic heterocycles. The molecular formula is C19H17FN4O3S. The number of halogens is 1. The maximum absolute atomic E-state index is 13.2. The Morgan fingerprint density at radius 2 is 1.89 bits per heavy atom. The number of nitrogens with two attached hydrogens (primary N) is 1. The van der Waals surface area contributed by atoms with Gasteiger partial charge >= 0.3 is 6.03 Å². The molecule has 0 aliphatic carbocycles. The summed E-state index contributed by atoms with van der Waals surface area (Å²) in [5, 5.41) is 2.03. The minimum absolute atomic E-state index is 0.156. The fourth-order valence-electron chi connectivity index (χ4n) is 2.58. The van der Waals surface area contributed by atoms with E-state index in [1.165, 1.54) is 16.7 Å². The first-order valence-electron chi connectivity index (χ1n) is 8.36. The molecule has 7 nitrogen and oxygen atoms in total. The van der Waals surface area contributed by atoms with Crippen LogP contribution in [-0.4, -0.2) is 26.7 Å². The topological polar surface area (TPSA) is 107 Å². The normalized spacial score (nSPS) is 11.9. The molecule has 1 heterocycles. The second-order valence-electron chi connectivity index (χ2n) is 6.04. The molecule has 0 aliphatic rings. The van der Waals surface area contributed by atoms with Gasteiger partial charge in [-0.05, 0) is 36.8 Å². The number of carbonyl (C=O) groups excluding carboxylic acids is 2. The van der Waals surface area contributed by atoms with Crippen LogP contribution in [0.15, 0.2) is 58.5 Å². The molecule has 0 saturated carbocycles. The second kappa shape index (κ2) is 8.22. The largest absolute Gasteiger partial charge is 0.351 e. The first-order valence-corrected chi connectivity index (χ1v) is 9.24. The number of aromatic nitrogens is 2. The third-order valence-electron chi connectivity index (χ3n) is 3.98. The first kappa shape index (κ1) is 19.6. The van der Waals surface area contributed by atoms with E-state index >= 15 is 0 Å². The van der Waals surface area contributed by atoms with Gasteiger partial charge < -0.3 is 5.73 Å². The lowest BCUT2D eigenvalue weighted by atomic mass is 10.2. The number of carbonyl (C=O) groups is 2. The Bertz CT molecular complexity index is 1100. The van der Waals surface area contributed by atoms with Gasteiger partial charge in [0.05, 0.1) is 22.7 Å². The van der Waals surface area contributed by atoms with Gasteiger partial charge in [-0.2, -0.15) is 0 Å². The van der Waals surface area contributed by atoms with E-state index in [9.17, 15) is 18.8 Å². The summed E-state index contributed by atoms with van der Waals surface area (Å²) >= 11 is 1.03. The van der Waals surface area contributed by atoms with Gasteiger partial charge in [-0.25, -0.2) is 14.2 Å². The molecule has 0 radical (unpaired) electrons. The van der Waals surface area contributed by atoms with Crippen LogP contribution in [0.5, 0.6) is 0 Å². The fourth-order valence-corrected chi connectivity index (χ4v) is 3.49. The second-order valence-corrected chi connectivity index (χ2v) is 7.35. The van der Waals surface area contributed by atoms with E-state index in [1.807, 2.05) is 5.32 Å². The summed E-state index contributed by atoms with van der Waals surface area (Å²) in [6, 6.07) is 11.7. The molecule has 3 amide bonds. The number of urea groups is 1. The molecule has 0 spiro atoms. The molecule has 28 heavy (non-hydrogen) atoms. The van der Waals surface area contributed by atoms with Crippen molar-refractivity contribution in [2.45, 2.75) is 23.9 Å². The van der Waals surface area contributed by atoms with Gasteiger partial charge in [-0.1, -0.05) is 36.0 Å². The number of hydrogen-bond acceptors (Lipinski definition) is 5. The lowest BCUT2D eigenvalue weighted by Gasteiger charge is -2.16. The van der Waals surface area contributed by atoms with Crippen molar-refractivity contribution in [3.8, 4) is 0 Å². The number of para-hydroxylation sites is 1. The molecule has 3 N–H and O–H groups in total. The minimum Gasteiger partial charge on any atom is -0.351 e. The minimum atomic E-state index is -0.951. The molecule has 0 saturated heterocycles. The van der Waals surface area contributed by atoms with E-state index in [1.54, 1.807) is 43.3 Å². The van der Waals surface area contributed by atoms with Crippen LogP contribution < -0.4 is 16.6 Å². The van der Waals surface area contributed by atoms with E-state index in [4.69, 9.17) is 5.73 Å². The van der Waals surface area contributed by atoms with Crippen molar-refractivity contribution in [1.29, 1.82) is 0 Å². The van der Waals surface area contributed by atoms with Gasteiger partial charge in [0.15, 0.2) is 5.16 Å². The van der Waals surface area contributed by atoms with Crippen LogP contribution in [0.4, 0.5) is 9.18 Å². The third kappa shape index (κ3) is 4.37. The molecule has 9 heteroatoms. The van der Waals surface area contributed by atoms with Gasteiger partial charge in [-0.3, -0.25) is 19.5 Å². The Labute approximate surface area is 163 Å². The summed E-state index contributed by atoms with van der Waals surface area (Å²) in [6.07, 6.45) is 0. The van der Waals surface area contributed by atoms with Gasteiger partial charge in [0.25, 0.3) is 5.56 Å². The van der Waals surface area contributed by atoms with Crippen LogP contribution in [-0.2, 0) is 11.3 Å². The van der Waals surface area contributed by atoms with E-state index in [0.29, 0.717) is 21.6 Å².